The number of nitrogens with zero attached hydrogens (tertiary/aromatic N) is 2. The van der Waals surface area contributed by atoms with E-state index in [9.17, 15) is 5.11 Å². The number of phenols is 1. The van der Waals surface area contributed by atoms with Gasteiger partial charge in [0, 0.05) is 5.02 Å². The van der Waals surface area contributed by atoms with E-state index in [4.69, 9.17) is 16.1 Å². The van der Waals surface area contributed by atoms with Gasteiger partial charge < -0.3 is 9.63 Å². The van der Waals surface area contributed by atoms with Crippen LogP contribution in [0, 0.1) is 0 Å². The number of rotatable bonds is 3. The molecule has 1 heterocycles. The Bertz CT molecular complexity index is 501. The second-order valence-electron chi connectivity index (χ2n) is 3.11. The first kappa shape index (κ1) is 11.3. The predicted molar refractivity (Wildman–Crippen MR) is 63.6 cm³/mol. The SMILES string of the molecule is CSCc1noc(-c2cc(Cl)ccc2O)n1. The molecule has 2 rings (SSSR count). The first-order valence-corrected chi connectivity index (χ1v) is 6.28. The number of benzene rings is 1. The number of hydrogen-bond acceptors (Lipinski definition) is 5. The van der Waals surface area contributed by atoms with Crippen molar-refractivity contribution >= 4 is 23.4 Å². The van der Waals surface area contributed by atoms with Crippen LogP contribution in [0.3, 0.4) is 0 Å². The van der Waals surface area contributed by atoms with Gasteiger partial charge in [-0.25, -0.2) is 0 Å². The molecule has 0 spiro atoms. The van der Waals surface area contributed by atoms with Gasteiger partial charge in [0.2, 0.25) is 0 Å². The highest BCUT2D eigenvalue weighted by molar-refractivity contribution is 7.97. The largest absolute Gasteiger partial charge is 0.507 e. The summed E-state index contributed by atoms with van der Waals surface area (Å²) in [6.45, 7) is 0. The van der Waals surface area contributed by atoms with Gasteiger partial charge in [0.15, 0.2) is 5.82 Å². The van der Waals surface area contributed by atoms with Crippen LogP contribution in [-0.2, 0) is 5.75 Å². The monoisotopic (exact) mass is 256 g/mol. The average Bonchev–Trinajstić information content (AvgIpc) is 2.71. The Morgan fingerprint density at radius 2 is 2.31 bits per heavy atom. The third-order valence-corrected chi connectivity index (χ3v) is 2.71. The topological polar surface area (TPSA) is 59.2 Å². The molecule has 0 radical (unpaired) electrons. The van der Waals surface area contributed by atoms with Crippen molar-refractivity contribution in [1.29, 1.82) is 0 Å². The quantitative estimate of drug-likeness (QED) is 0.915. The molecule has 0 aliphatic carbocycles. The fraction of sp³-hybridized carbons (Fsp3) is 0.200. The van der Waals surface area contributed by atoms with Gasteiger partial charge in [0.25, 0.3) is 5.89 Å². The molecule has 0 fully saturated rings. The Morgan fingerprint density at radius 1 is 1.50 bits per heavy atom. The highest BCUT2D eigenvalue weighted by Crippen LogP contribution is 2.30. The van der Waals surface area contributed by atoms with E-state index in [0.29, 0.717) is 22.2 Å². The van der Waals surface area contributed by atoms with Crippen LogP contribution in [0.15, 0.2) is 22.7 Å². The van der Waals surface area contributed by atoms with Crippen molar-refractivity contribution in [3.63, 3.8) is 0 Å². The van der Waals surface area contributed by atoms with Gasteiger partial charge >= 0.3 is 0 Å². The first-order chi connectivity index (χ1) is 7.70. The Hall–Kier alpha value is -1.20. The minimum Gasteiger partial charge on any atom is -0.507 e. The minimum absolute atomic E-state index is 0.0729. The Balaban J connectivity index is 2.38. The third kappa shape index (κ3) is 2.31. The molecule has 1 N–H and O–H groups in total. The second kappa shape index (κ2) is 4.76. The van der Waals surface area contributed by atoms with Crippen molar-refractivity contribution in [3.05, 3.63) is 29.0 Å². The highest BCUT2D eigenvalue weighted by atomic mass is 35.5. The van der Waals surface area contributed by atoms with E-state index in [-0.39, 0.29) is 11.6 Å². The second-order valence-corrected chi connectivity index (χ2v) is 4.41. The summed E-state index contributed by atoms with van der Waals surface area (Å²) < 4.78 is 5.05. The smallest absolute Gasteiger partial charge is 0.261 e. The Labute approximate surface area is 102 Å². The van der Waals surface area contributed by atoms with Gasteiger partial charge in [-0.2, -0.15) is 16.7 Å². The summed E-state index contributed by atoms with van der Waals surface area (Å²) in [7, 11) is 0. The number of hydrogen-bond donors (Lipinski definition) is 1. The van der Waals surface area contributed by atoms with E-state index in [0.717, 1.165) is 0 Å². The van der Waals surface area contributed by atoms with Crippen LogP contribution in [0.1, 0.15) is 5.82 Å². The molecular formula is C10H9ClN2O2S. The lowest BCUT2D eigenvalue weighted by Crippen LogP contribution is -1.83. The number of phenolic OH excluding ortho intramolecular Hbond substituents is 1. The van der Waals surface area contributed by atoms with Crippen LogP contribution >= 0.6 is 23.4 Å². The number of thioether (sulfide) groups is 1. The fourth-order valence-corrected chi connectivity index (χ4v) is 1.78. The van der Waals surface area contributed by atoms with E-state index in [2.05, 4.69) is 10.1 Å². The van der Waals surface area contributed by atoms with E-state index in [1.807, 2.05) is 6.26 Å². The van der Waals surface area contributed by atoms with Crippen molar-refractivity contribution < 1.29 is 9.63 Å². The molecule has 84 valence electrons. The van der Waals surface area contributed by atoms with Crippen molar-refractivity contribution in [1.82, 2.24) is 10.1 Å². The maximum atomic E-state index is 9.64. The van der Waals surface area contributed by atoms with Crippen molar-refractivity contribution in [2.45, 2.75) is 5.75 Å². The molecule has 0 atom stereocenters. The number of halogens is 1. The molecule has 2 aromatic rings. The van der Waals surface area contributed by atoms with Crippen molar-refractivity contribution in [2.24, 2.45) is 0 Å². The molecule has 1 aromatic heterocycles. The van der Waals surface area contributed by atoms with Crippen LogP contribution in [0.25, 0.3) is 11.5 Å². The zero-order valence-corrected chi connectivity index (χ0v) is 10.0. The van der Waals surface area contributed by atoms with E-state index in [1.54, 1.807) is 23.9 Å². The maximum absolute atomic E-state index is 9.64. The van der Waals surface area contributed by atoms with Crippen LogP contribution in [0.4, 0.5) is 0 Å². The van der Waals surface area contributed by atoms with Crippen LogP contribution < -0.4 is 0 Å². The summed E-state index contributed by atoms with van der Waals surface area (Å²) >= 11 is 7.43. The van der Waals surface area contributed by atoms with Gasteiger partial charge in [-0.05, 0) is 24.5 Å². The van der Waals surface area contributed by atoms with E-state index < -0.39 is 0 Å². The van der Waals surface area contributed by atoms with E-state index in [1.165, 1.54) is 6.07 Å². The zero-order valence-electron chi connectivity index (χ0n) is 8.48. The molecule has 0 bridgehead atoms. The molecule has 6 heteroatoms. The van der Waals surface area contributed by atoms with Crippen LogP contribution in [0.2, 0.25) is 5.02 Å². The number of aromatic hydroxyl groups is 1. The van der Waals surface area contributed by atoms with E-state index >= 15 is 0 Å². The third-order valence-electron chi connectivity index (χ3n) is 1.93. The lowest BCUT2D eigenvalue weighted by atomic mass is 10.2. The minimum atomic E-state index is 0.0729. The average molecular weight is 257 g/mol. The molecule has 0 aliphatic rings. The van der Waals surface area contributed by atoms with Crippen LogP contribution in [0.5, 0.6) is 5.75 Å². The fourth-order valence-electron chi connectivity index (χ4n) is 1.23. The van der Waals surface area contributed by atoms with Gasteiger partial charge in [0.1, 0.15) is 5.75 Å². The highest BCUT2D eigenvalue weighted by Gasteiger charge is 2.12. The molecule has 1 aromatic carbocycles. The lowest BCUT2D eigenvalue weighted by Gasteiger charge is -1.98. The summed E-state index contributed by atoms with van der Waals surface area (Å²) in [4.78, 5) is 4.15. The van der Waals surface area contributed by atoms with Crippen molar-refractivity contribution in [3.8, 4) is 17.2 Å². The molecule has 0 aliphatic heterocycles. The lowest BCUT2D eigenvalue weighted by molar-refractivity contribution is 0.419. The van der Waals surface area contributed by atoms with Gasteiger partial charge in [0.05, 0.1) is 11.3 Å². The Kier molecular flexibility index (Phi) is 3.36. The molecule has 0 unspecified atom stereocenters. The van der Waals surface area contributed by atoms with Gasteiger partial charge in [-0.1, -0.05) is 16.8 Å². The molecular weight excluding hydrogens is 248 g/mol. The van der Waals surface area contributed by atoms with Crippen LogP contribution in [-0.4, -0.2) is 21.5 Å². The predicted octanol–water partition coefficient (Wildman–Crippen LogP) is 2.96. The first-order valence-electron chi connectivity index (χ1n) is 4.51. The zero-order chi connectivity index (χ0) is 11.5. The van der Waals surface area contributed by atoms with Gasteiger partial charge in [-0.15, -0.1) is 0 Å². The molecule has 0 amide bonds. The normalized spacial score (nSPS) is 10.6. The van der Waals surface area contributed by atoms with Crippen molar-refractivity contribution in [2.75, 3.05) is 6.26 Å². The summed E-state index contributed by atoms with van der Waals surface area (Å²) in [5.74, 6) is 1.62. The van der Waals surface area contributed by atoms with Gasteiger partial charge in [-0.3, -0.25) is 0 Å². The Morgan fingerprint density at radius 3 is 3.06 bits per heavy atom. The molecule has 4 nitrogen and oxygen atoms in total. The maximum Gasteiger partial charge on any atom is 0.261 e. The summed E-state index contributed by atoms with van der Waals surface area (Å²) in [5, 5.41) is 13.9. The number of aromatic nitrogens is 2. The summed E-state index contributed by atoms with van der Waals surface area (Å²) in [6.07, 6.45) is 1.95. The molecule has 0 saturated carbocycles. The molecule has 16 heavy (non-hydrogen) atoms. The molecule has 0 saturated heterocycles. The summed E-state index contributed by atoms with van der Waals surface area (Å²) in [6, 6.07) is 4.68. The standard InChI is InChI=1S/C10H9ClN2O2S/c1-16-5-9-12-10(15-13-9)7-4-6(11)2-3-8(7)14/h2-4,14H,5H2,1H3. The summed E-state index contributed by atoms with van der Waals surface area (Å²) in [5.41, 5.74) is 0.451.